The molecule has 108 valence electrons. The van der Waals surface area contributed by atoms with Crippen LogP contribution in [0.3, 0.4) is 0 Å². The van der Waals surface area contributed by atoms with Crippen molar-refractivity contribution < 1.29 is 4.79 Å². The van der Waals surface area contributed by atoms with Gasteiger partial charge >= 0.3 is 0 Å². The Labute approximate surface area is 125 Å². The Kier molecular flexibility index (Phi) is 4.72. The van der Waals surface area contributed by atoms with Crippen LogP contribution < -0.4 is 10.2 Å². The molecule has 1 N–H and O–H groups in total. The second-order valence-corrected chi connectivity index (χ2v) is 4.70. The molecule has 4 nitrogen and oxygen atoms in total. The number of rotatable bonds is 3. The molecule has 0 aliphatic carbocycles. The highest BCUT2D eigenvalue weighted by Crippen LogP contribution is 2.18. The molecule has 0 aliphatic heterocycles. The number of benzene rings is 2. The van der Waals surface area contributed by atoms with Gasteiger partial charge in [0, 0.05) is 31.0 Å². The third-order valence-electron chi connectivity index (χ3n) is 3.36. The van der Waals surface area contributed by atoms with Crippen LogP contribution in [0.2, 0.25) is 0 Å². The molecular formula is C17H19N3O. The van der Waals surface area contributed by atoms with Crippen LogP contribution in [-0.4, -0.2) is 25.8 Å². The van der Waals surface area contributed by atoms with E-state index in [-0.39, 0.29) is 5.91 Å². The molecule has 0 saturated heterocycles. The van der Waals surface area contributed by atoms with Crippen molar-refractivity contribution in [2.24, 2.45) is 4.99 Å². The second kappa shape index (κ2) is 6.70. The molecule has 0 aromatic heterocycles. The SMILES string of the molecule is CN=C(C)N(C)c1ccc(NC(=O)c2ccccc2)cc1. The number of amides is 1. The zero-order valence-electron chi connectivity index (χ0n) is 12.5. The van der Waals surface area contributed by atoms with E-state index in [0.717, 1.165) is 17.2 Å². The zero-order valence-corrected chi connectivity index (χ0v) is 12.5. The first-order valence-corrected chi connectivity index (χ1v) is 6.75. The zero-order chi connectivity index (χ0) is 15.2. The molecule has 0 atom stereocenters. The molecular weight excluding hydrogens is 262 g/mol. The monoisotopic (exact) mass is 281 g/mol. The highest BCUT2D eigenvalue weighted by molar-refractivity contribution is 6.04. The third kappa shape index (κ3) is 3.69. The summed E-state index contributed by atoms with van der Waals surface area (Å²) in [6.07, 6.45) is 0. The van der Waals surface area contributed by atoms with Crippen molar-refractivity contribution >= 4 is 23.1 Å². The molecule has 2 aromatic carbocycles. The summed E-state index contributed by atoms with van der Waals surface area (Å²) < 4.78 is 0. The van der Waals surface area contributed by atoms with Gasteiger partial charge in [-0.1, -0.05) is 18.2 Å². The van der Waals surface area contributed by atoms with Gasteiger partial charge in [-0.05, 0) is 43.3 Å². The summed E-state index contributed by atoms with van der Waals surface area (Å²) in [5.41, 5.74) is 2.44. The topological polar surface area (TPSA) is 44.7 Å². The number of carbonyl (C=O) groups excluding carboxylic acids is 1. The van der Waals surface area contributed by atoms with Crippen molar-refractivity contribution in [2.75, 3.05) is 24.3 Å². The maximum Gasteiger partial charge on any atom is 0.255 e. The molecule has 0 heterocycles. The van der Waals surface area contributed by atoms with Crippen LogP contribution in [0, 0.1) is 0 Å². The highest BCUT2D eigenvalue weighted by Gasteiger charge is 2.06. The Morgan fingerprint density at radius 1 is 1.05 bits per heavy atom. The molecule has 0 saturated carbocycles. The minimum atomic E-state index is -0.108. The predicted molar refractivity (Wildman–Crippen MR) is 88.3 cm³/mol. The van der Waals surface area contributed by atoms with Gasteiger partial charge in [-0.25, -0.2) is 0 Å². The van der Waals surface area contributed by atoms with Gasteiger partial charge < -0.3 is 10.2 Å². The number of amidine groups is 1. The van der Waals surface area contributed by atoms with Crippen LogP contribution in [0.1, 0.15) is 17.3 Å². The fourth-order valence-electron chi connectivity index (χ4n) is 1.90. The summed E-state index contributed by atoms with van der Waals surface area (Å²) in [5, 5.41) is 2.88. The number of hydrogen-bond donors (Lipinski definition) is 1. The van der Waals surface area contributed by atoms with Gasteiger partial charge in [0.15, 0.2) is 0 Å². The lowest BCUT2D eigenvalue weighted by Gasteiger charge is -2.18. The van der Waals surface area contributed by atoms with E-state index in [1.54, 1.807) is 19.2 Å². The summed E-state index contributed by atoms with van der Waals surface area (Å²) >= 11 is 0. The van der Waals surface area contributed by atoms with E-state index in [9.17, 15) is 4.79 Å². The molecule has 2 aromatic rings. The lowest BCUT2D eigenvalue weighted by atomic mass is 10.2. The van der Waals surface area contributed by atoms with Crippen LogP contribution in [0.4, 0.5) is 11.4 Å². The van der Waals surface area contributed by atoms with Crippen LogP contribution in [-0.2, 0) is 0 Å². The largest absolute Gasteiger partial charge is 0.334 e. The molecule has 0 spiro atoms. The number of nitrogens with one attached hydrogen (secondary N) is 1. The van der Waals surface area contributed by atoms with Crippen molar-refractivity contribution in [2.45, 2.75) is 6.92 Å². The molecule has 0 aliphatic rings. The normalized spacial score (nSPS) is 11.1. The Hall–Kier alpha value is -2.62. The van der Waals surface area contributed by atoms with E-state index >= 15 is 0 Å². The van der Waals surface area contributed by atoms with Crippen molar-refractivity contribution in [1.82, 2.24) is 0 Å². The molecule has 0 fully saturated rings. The maximum absolute atomic E-state index is 12.0. The highest BCUT2D eigenvalue weighted by atomic mass is 16.1. The van der Waals surface area contributed by atoms with E-state index in [4.69, 9.17) is 0 Å². The van der Waals surface area contributed by atoms with Crippen molar-refractivity contribution in [1.29, 1.82) is 0 Å². The smallest absolute Gasteiger partial charge is 0.255 e. The first-order valence-electron chi connectivity index (χ1n) is 6.75. The molecule has 2 rings (SSSR count). The minimum absolute atomic E-state index is 0.108. The number of carbonyl (C=O) groups is 1. The van der Waals surface area contributed by atoms with E-state index in [1.165, 1.54) is 0 Å². The Bertz CT molecular complexity index is 633. The number of hydrogen-bond acceptors (Lipinski definition) is 2. The summed E-state index contributed by atoms with van der Waals surface area (Å²) in [6.45, 7) is 1.95. The number of aliphatic imine (C=N–C) groups is 1. The van der Waals surface area contributed by atoms with Gasteiger partial charge in [-0.2, -0.15) is 0 Å². The van der Waals surface area contributed by atoms with E-state index < -0.39 is 0 Å². The van der Waals surface area contributed by atoms with Gasteiger partial charge in [0.1, 0.15) is 0 Å². The van der Waals surface area contributed by atoms with E-state index in [1.807, 2.05) is 61.3 Å². The van der Waals surface area contributed by atoms with Crippen LogP contribution in [0.25, 0.3) is 0 Å². The Morgan fingerprint density at radius 3 is 2.24 bits per heavy atom. The van der Waals surface area contributed by atoms with Gasteiger partial charge in [-0.3, -0.25) is 9.79 Å². The molecule has 0 radical (unpaired) electrons. The predicted octanol–water partition coefficient (Wildman–Crippen LogP) is 3.42. The van der Waals surface area contributed by atoms with Gasteiger partial charge in [0.2, 0.25) is 0 Å². The average Bonchev–Trinajstić information content (AvgIpc) is 2.55. The molecule has 0 unspecified atom stereocenters. The fraction of sp³-hybridized carbons (Fsp3) is 0.176. The first kappa shape index (κ1) is 14.8. The maximum atomic E-state index is 12.0. The van der Waals surface area contributed by atoms with Crippen LogP contribution >= 0.6 is 0 Å². The fourth-order valence-corrected chi connectivity index (χ4v) is 1.90. The molecule has 4 heteroatoms. The molecule has 0 bridgehead atoms. The van der Waals surface area contributed by atoms with Crippen LogP contribution in [0.5, 0.6) is 0 Å². The summed E-state index contributed by atoms with van der Waals surface area (Å²) in [5.74, 6) is 0.819. The minimum Gasteiger partial charge on any atom is -0.334 e. The van der Waals surface area contributed by atoms with Gasteiger partial charge in [0.05, 0.1) is 5.84 Å². The van der Waals surface area contributed by atoms with Gasteiger partial charge in [-0.15, -0.1) is 0 Å². The third-order valence-corrected chi connectivity index (χ3v) is 3.36. The number of anilines is 2. The lowest BCUT2D eigenvalue weighted by molar-refractivity contribution is 0.102. The van der Waals surface area contributed by atoms with E-state index in [2.05, 4.69) is 10.3 Å². The molecule has 21 heavy (non-hydrogen) atoms. The Morgan fingerprint density at radius 2 is 1.67 bits per heavy atom. The summed E-state index contributed by atoms with van der Waals surface area (Å²) in [4.78, 5) is 18.2. The second-order valence-electron chi connectivity index (χ2n) is 4.70. The van der Waals surface area contributed by atoms with Crippen LogP contribution in [0.15, 0.2) is 59.6 Å². The summed E-state index contributed by atoms with van der Waals surface area (Å²) in [6, 6.07) is 16.8. The standard InChI is InChI=1S/C17H19N3O/c1-13(18-2)20(3)16-11-9-15(10-12-16)19-17(21)14-7-5-4-6-8-14/h4-12H,1-3H3,(H,19,21). The quantitative estimate of drug-likeness (QED) is 0.692. The first-order chi connectivity index (χ1) is 10.1. The van der Waals surface area contributed by atoms with Crippen molar-refractivity contribution in [3.05, 3.63) is 60.2 Å². The van der Waals surface area contributed by atoms with E-state index in [0.29, 0.717) is 5.56 Å². The average molecular weight is 281 g/mol. The van der Waals surface area contributed by atoms with Crippen molar-refractivity contribution in [3.8, 4) is 0 Å². The van der Waals surface area contributed by atoms with Gasteiger partial charge in [0.25, 0.3) is 5.91 Å². The molecule has 1 amide bonds. The van der Waals surface area contributed by atoms with Crippen molar-refractivity contribution in [3.63, 3.8) is 0 Å². The number of nitrogens with zero attached hydrogens (tertiary/aromatic N) is 2. The summed E-state index contributed by atoms with van der Waals surface area (Å²) in [7, 11) is 3.72. The Balaban J connectivity index is 2.08. The lowest BCUT2D eigenvalue weighted by Crippen LogP contribution is -2.23.